The van der Waals surface area contributed by atoms with Crippen molar-refractivity contribution in [2.45, 2.75) is 24.7 Å². The van der Waals surface area contributed by atoms with Crippen LogP contribution in [0.2, 0.25) is 0 Å². The highest BCUT2D eigenvalue weighted by molar-refractivity contribution is 5.99. The molecule has 9 aromatic rings. The maximum Gasteiger partial charge on any atom is 0.132 e. The SMILES string of the molecule is CC1(C)c2ccccc2-c2ccc(N(c3ccc4c(c3)C3(c5ccccc5Oc5ccccc53)c3cc5ccccc5cc3-4)c3ccccc3-c3ccccc3)cc21. The third-order valence-corrected chi connectivity index (χ3v) is 13.1. The number of fused-ring (bicyclic) bond motifs is 13. The first-order chi connectivity index (χ1) is 28.5. The Morgan fingerprint density at radius 3 is 1.57 bits per heavy atom. The lowest BCUT2D eigenvalue weighted by Gasteiger charge is -2.40. The Labute approximate surface area is 339 Å². The number of para-hydroxylation sites is 3. The molecular formula is C56H39NO. The molecule has 2 heteroatoms. The standard InChI is InChI=1S/C56H39NO/c1-55(2)46-22-10-8-21-42(46)43-30-28-39(34-49(43)55)57(52-25-13-9-20-41(52)36-16-4-3-5-17-36)40-29-31-44-45-32-37-18-6-7-19-38(37)33-50(45)56(51(44)35-40)47-23-11-14-26-53(47)58-54-27-15-12-24-48(54)56/h3-35H,1-2H3. The van der Waals surface area contributed by atoms with Crippen LogP contribution in [0, 0.1) is 0 Å². The molecule has 3 aliphatic rings. The molecule has 0 fully saturated rings. The van der Waals surface area contributed by atoms with E-state index in [0.29, 0.717) is 0 Å². The Hall–Kier alpha value is -7.16. The number of anilines is 3. The van der Waals surface area contributed by atoms with Crippen molar-refractivity contribution in [2.75, 3.05) is 4.90 Å². The molecule has 58 heavy (non-hydrogen) atoms. The Morgan fingerprint density at radius 1 is 0.362 bits per heavy atom. The number of hydrogen-bond donors (Lipinski definition) is 0. The normalized spacial score (nSPS) is 14.4. The van der Waals surface area contributed by atoms with Gasteiger partial charge < -0.3 is 9.64 Å². The van der Waals surface area contributed by atoms with Crippen LogP contribution in [0.5, 0.6) is 11.5 Å². The second-order valence-electron chi connectivity index (χ2n) is 16.4. The lowest BCUT2D eigenvalue weighted by Crippen LogP contribution is -2.32. The third-order valence-electron chi connectivity index (χ3n) is 13.1. The first-order valence-corrected chi connectivity index (χ1v) is 20.3. The Balaban J connectivity index is 1.16. The number of rotatable bonds is 4. The van der Waals surface area contributed by atoms with Gasteiger partial charge in [0.05, 0.1) is 11.1 Å². The van der Waals surface area contributed by atoms with Crippen LogP contribution in [0.25, 0.3) is 44.2 Å². The van der Waals surface area contributed by atoms with E-state index in [2.05, 4.69) is 219 Å². The third kappa shape index (κ3) is 4.49. The molecule has 1 heterocycles. The quantitative estimate of drug-likeness (QED) is 0.178. The van der Waals surface area contributed by atoms with Crippen molar-refractivity contribution in [3.05, 3.63) is 234 Å². The summed E-state index contributed by atoms with van der Waals surface area (Å²) in [5.41, 5.74) is 17.7. The van der Waals surface area contributed by atoms with E-state index in [0.717, 1.165) is 39.7 Å². The lowest BCUT2D eigenvalue weighted by atomic mass is 9.66. The van der Waals surface area contributed by atoms with Gasteiger partial charge in [0.25, 0.3) is 0 Å². The molecule has 0 amide bonds. The molecule has 0 saturated heterocycles. The summed E-state index contributed by atoms with van der Waals surface area (Å²) in [6.07, 6.45) is 0. The molecule has 274 valence electrons. The Kier molecular flexibility index (Phi) is 6.93. The fourth-order valence-electron chi connectivity index (χ4n) is 10.5. The monoisotopic (exact) mass is 741 g/mol. The lowest BCUT2D eigenvalue weighted by molar-refractivity contribution is 0.436. The Morgan fingerprint density at radius 2 is 0.862 bits per heavy atom. The Bertz CT molecular complexity index is 3090. The second kappa shape index (κ2) is 12.2. The van der Waals surface area contributed by atoms with Crippen LogP contribution in [0.15, 0.2) is 200 Å². The van der Waals surface area contributed by atoms with Gasteiger partial charge in [-0.05, 0) is 115 Å². The van der Waals surface area contributed by atoms with Gasteiger partial charge >= 0.3 is 0 Å². The summed E-state index contributed by atoms with van der Waals surface area (Å²) >= 11 is 0. The van der Waals surface area contributed by atoms with Crippen molar-refractivity contribution in [1.29, 1.82) is 0 Å². The van der Waals surface area contributed by atoms with Crippen LogP contribution in [0.4, 0.5) is 17.1 Å². The number of nitrogens with zero attached hydrogens (tertiary/aromatic N) is 1. The van der Waals surface area contributed by atoms with E-state index < -0.39 is 5.41 Å². The first-order valence-electron chi connectivity index (χ1n) is 20.3. The van der Waals surface area contributed by atoms with Crippen molar-refractivity contribution in [1.82, 2.24) is 0 Å². The average Bonchev–Trinajstić information content (AvgIpc) is 3.67. The molecule has 12 rings (SSSR count). The molecule has 9 aromatic carbocycles. The van der Waals surface area contributed by atoms with E-state index in [9.17, 15) is 0 Å². The fraction of sp³-hybridized carbons (Fsp3) is 0.0714. The zero-order chi connectivity index (χ0) is 38.6. The molecule has 0 atom stereocenters. The van der Waals surface area contributed by atoms with Gasteiger partial charge in [-0.2, -0.15) is 0 Å². The summed E-state index contributed by atoms with van der Waals surface area (Å²) in [4.78, 5) is 2.49. The minimum absolute atomic E-state index is 0.145. The molecule has 2 nitrogen and oxygen atoms in total. The summed E-state index contributed by atoms with van der Waals surface area (Å²) in [5, 5.41) is 2.47. The molecule has 0 bridgehead atoms. The minimum atomic E-state index is -0.609. The molecule has 2 aliphatic carbocycles. The maximum atomic E-state index is 6.74. The van der Waals surface area contributed by atoms with Crippen LogP contribution in [0.3, 0.4) is 0 Å². The minimum Gasteiger partial charge on any atom is -0.457 e. The zero-order valence-electron chi connectivity index (χ0n) is 32.4. The average molecular weight is 742 g/mol. The van der Waals surface area contributed by atoms with Crippen LogP contribution in [0.1, 0.15) is 47.2 Å². The fourth-order valence-corrected chi connectivity index (χ4v) is 10.5. The highest BCUT2D eigenvalue weighted by atomic mass is 16.5. The van der Waals surface area contributed by atoms with Gasteiger partial charge in [0.1, 0.15) is 11.5 Å². The van der Waals surface area contributed by atoms with Crippen LogP contribution < -0.4 is 9.64 Å². The van der Waals surface area contributed by atoms with Crippen molar-refractivity contribution >= 4 is 27.8 Å². The van der Waals surface area contributed by atoms with Gasteiger partial charge in [0, 0.05) is 33.5 Å². The van der Waals surface area contributed by atoms with E-state index in [4.69, 9.17) is 4.74 Å². The van der Waals surface area contributed by atoms with E-state index in [1.165, 1.54) is 66.4 Å². The van der Waals surface area contributed by atoms with Gasteiger partial charge in [0.2, 0.25) is 0 Å². The summed E-state index contributed by atoms with van der Waals surface area (Å²) < 4.78 is 6.74. The van der Waals surface area contributed by atoms with Crippen molar-refractivity contribution in [3.8, 4) is 44.9 Å². The maximum absolute atomic E-state index is 6.74. The van der Waals surface area contributed by atoms with Crippen molar-refractivity contribution < 1.29 is 4.74 Å². The van der Waals surface area contributed by atoms with Gasteiger partial charge in [0.15, 0.2) is 0 Å². The van der Waals surface area contributed by atoms with Crippen LogP contribution in [-0.2, 0) is 10.8 Å². The van der Waals surface area contributed by atoms with Crippen molar-refractivity contribution in [3.63, 3.8) is 0 Å². The summed E-state index contributed by atoms with van der Waals surface area (Å²) in [6, 6.07) is 73.7. The molecule has 0 aromatic heterocycles. The predicted molar refractivity (Wildman–Crippen MR) is 239 cm³/mol. The number of benzene rings is 9. The van der Waals surface area contributed by atoms with Crippen molar-refractivity contribution in [2.24, 2.45) is 0 Å². The highest BCUT2D eigenvalue weighted by Gasteiger charge is 2.51. The van der Waals surface area contributed by atoms with E-state index in [-0.39, 0.29) is 5.41 Å². The summed E-state index contributed by atoms with van der Waals surface area (Å²) in [5.74, 6) is 1.79. The molecule has 0 N–H and O–H groups in total. The van der Waals surface area contributed by atoms with Gasteiger partial charge in [-0.1, -0.05) is 159 Å². The summed E-state index contributed by atoms with van der Waals surface area (Å²) in [7, 11) is 0. The van der Waals surface area contributed by atoms with E-state index in [1.807, 2.05) is 0 Å². The first kappa shape index (κ1) is 33.0. The predicted octanol–water partition coefficient (Wildman–Crippen LogP) is 14.8. The van der Waals surface area contributed by atoms with Crippen LogP contribution in [-0.4, -0.2) is 0 Å². The van der Waals surface area contributed by atoms with Gasteiger partial charge in [-0.25, -0.2) is 0 Å². The molecule has 1 aliphatic heterocycles. The summed E-state index contributed by atoms with van der Waals surface area (Å²) in [6.45, 7) is 4.73. The second-order valence-corrected chi connectivity index (χ2v) is 16.4. The topological polar surface area (TPSA) is 12.5 Å². The molecule has 1 spiro atoms. The van der Waals surface area contributed by atoms with E-state index >= 15 is 0 Å². The van der Waals surface area contributed by atoms with Gasteiger partial charge in [-0.15, -0.1) is 0 Å². The highest BCUT2D eigenvalue weighted by Crippen LogP contribution is 2.63. The number of ether oxygens (including phenoxy) is 1. The zero-order valence-corrected chi connectivity index (χ0v) is 32.4. The number of hydrogen-bond acceptors (Lipinski definition) is 2. The molecule has 0 radical (unpaired) electrons. The van der Waals surface area contributed by atoms with E-state index in [1.54, 1.807) is 0 Å². The van der Waals surface area contributed by atoms with Gasteiger partial charge in [-0.3, -0.25) is 0 Å². The largest absolute Gasteiger partial charge is 0.457 e. The van der Waals surface area contributed by atoms with Crippen LogP contribution >= 0.6 is 0 Å². The molecular weight excluding hydrogens is 703 g/mol. The molecule has 0 unspecified atom stereocenters. The molecule has 0 saturated carbocycles. The smallest absolute Gasteiger partial charge is 0.132 e.